The van der Waals surface area contributed by atoms with Crippen molar-refractivity contribution in [1.82, 2.24) is 10.2 Å². The highest BCUT2D eigenvalue weighted by atomic mass is 16.5. The largest absolute Gasteiger partial charge is 0.381 e. The van der Waals surface area contributed by atoms with Crippen LogP contribution in [0.5, 0.6) is 0 Å². The number of ether oxygens (including phenoxy) is 2. The topological polar surface area (TPSA) is 50.8 Å². The average molecular weight is 282 g/mol. The maximum Gasteiger partial charge on any atom is 0.317 e. The molecule has 1 saturated heterocycles. The number of hydrogen-bond donors (Lipinski definition) is 1. The second-order valence-corrected chi connectivity index (χ2v) is 5.43. The SMILES string of the molecule is CCOC[C@H]1CCN(C(=O)NCCC2=CCOCC2)C1. The number of carbonyl (C=O) groups excluding carboxylic acids is 1. The molecule has 0 bridgehead atoms. The Morgan fingerprint density at radius 2 is 2.50 bits per heavy atom. The molecule has 114 valence electrons. The summed E-state index contributed by atoms with van der Waals surface area (Å²) < 4.78 is 10.7. The smallest absolute Gasteiger partial charge is 0.317 e. The summed E-state index contributed by atoms with van der Waals surface area (Å²) in [4.78, 5) is 13.9. The summed E-state index contributed by atoms with van der Waals surface area (Å²) in [5.41, 5.74) is 1.40. The first-order valence-corrected chi connectivity index (χ1v) is 7.65. The number of urea groups is 1. The maximum atomic E-state index is 12.0. The molecule has 0 radical (unpaired) electrons. The van der Waals surface area contributed by atoms with Gasteiger partial charge in [0.15, 0.2) is 0 Å². The molecule has 2 amide bonds. The van der Waals surface area contributed by atoms with Crippen LogP contribution in [0, 0.1) is 5.92 Å². The van der Waals surface area contributed by atoms with Gasteiger partial charge in [0.05, 0.1) is 19.8 Å². The van der Waals surface area contributed by atoms with Crippen molar-refractivity contribution in [3.63, 3.8) is 0 Å². The Hall–Kier alpha value is -1.07. The molecule has 0 aromatic carbocycles. The van der Waals surface area contributed by atoms with Crippen molar-refractivity contribution in [2.45, 2.75) is 26.2 Å². The van der Waals surface area contributed by atoms with Crippen LogP contribution in [0.3, 0.4) is 0 Å². The van der Waals surface area contributed by atoms with Crippen molar-refractivity contribution in [1.29, 1.82) is 0 Å². The minimum Gasteiger partial charge on any atom is -0.381 e. The Balaban J connectivity index is 1.61. The predicted octanol–water partition coefficient (Wildman–Crippen LogP) is 1.79. The van der Waals surface area contributed by atoms with Gasteiger partial charge in [-0.3, -0.25) is 0 Å². The van der Waals surface area contributed by atoms with E-state index in [1.165, 1.54) is 5.57 Å². The van der Waals surface area contributed by atoms with Crippen LogP contribution in [0.4, 0.5) is 4.79 Å². The lowest BCUT2D eigenvalue weighted by Gasteiger charge is -2.18. The number of rotatable bonds is 6. The quantitative estimate of drug-likeness (QED) is 0.756. The maximum absolute atomic E-state index is 12.0. The van der Waals surface area contributed by atoms with E-state index in [1.807, 2.05) is 11.8 Å². The Morgan fingerprint density at radius 1 is 1.60 bits per heavy atom. The molecule has 5 nitrogen and oxygen atoms in total. The first kappa shape index (κ1) is 15.3. The zero-order valence-electron chi connectivity index (χ0n) is 12.4. The van der Waals surface area contributed by atoms with Crippen LogP contribution in [0.2, 0.25) is 0 Å². The van der Waals surface area contributed by atoms with E-state index in [0.717, 1.165) is 58.7 Å². The number of nitrogens with one attached hydrogen (secondary N) is 1. The molecule has 2 rings (SSSR count). The van der Waals surface area contributed by atoms with E-state index in [0.29, 0.717) is 12.5 Å². The van der Waals surface area contributed by atoms with Gasteiger partial charge in [0.1, 0.15) is 0 Å². The molecule has 1 N–H and O–H groups in total. The van der Waals surface area contributed by atoms with Gasteiger partial charge in [0.25, 0.3) is 0 Å². The highest BCUT2D eigenvalue weighted by molar-refractivity contribution is 5.74. The normalized spacial score (nSPS) is 22.8. The molecule has 0 aromatic rings. The summed E-state index contributed by atoms with van der Waals surface area (Å²) in [6, 6.07) is 0.0663. The van der Waals surface area contributed by atoms with E-state index in [9.17, 15) is 4.79 Å². The number of likely N-dealkylation sites (tertiary alicyclic amines) is 1. The molecule has 0 aromatic heterocycles. The molecule has 1 fully saturated rings. The van der Waals surface area contributed by atoms with Gasteiger partial charge in [0, 0.05) is 32.2 Å². The van der Waals surface area contributed by atoms with E-state index >= 15 is 0 Å². The molecule has 0 spiro atoms. The van der Waals surface area contributed by atoms with Crippen LogP contribution >= 0.6 is 0 Å². The zero-order chi connectivity index (χ0) is 14.2. The third-order valence-corrected chi connectivity index (χ3v) is 3.91. The molecule has 0 unspecified atom stereocenters. The average Bonchev–Trinajstić information content (AvgIpc) is 2.95. The van der Waals surface area contributed by atoms with Gasteiger partial charge in [-0.2, -0.15) is 0 Å². The van der Waals surface area contributed by atoms with E-state index < -0.39 is 0 Å². The molecule has 0 aliphatic carbocycles. The summed E-state index contributed by atoms with van der Waals surface area (Å²) in [6.45, 7) is 7.44. The van der Waals surface area contributed by atoms with Crippen molar-refractivity contribution < 1.29 is 14.3 Å². The van der Waals surface area contributed by atoms with Crippen molar-refractivity contribution >= 4 is 6.03 Å². The van der Waals surface area contributed by atoms with Crippen LogP contribution in [-0.2, 0) is 9.47 Å². The van der Waals surface area contributed by atoms with Crippen molar-refractivity contribution in [2.75, 3.05) is 46.1 Å². The van der Waals surface area contributed by atoms with E-state index in [2.05, 4.69) is 11.4 Å². The molecular formula is C15H26N2O3. The fraction of sp³-hybridized carbons (Fsp3) is 0.800. The fourth-order valence-corrected chi connectivity index (χ4v) is 2.67. The monoisotopic (exact) mass is 282 g/mol. The Bertz CT molecular complexity index is 344. The van der Waals surface area contributed by atoms with Crippen LogP contribution in [0.25, 0.3) is 0 Å². The van der Waals surface area contributed by atoms with Gasteiger partial charge in [-0.15, -0.1) is 0 Å². The second-order valence-electron chi connectivity index (χ2n) is 5.43. The van der Waals surface area contributed by atoms with Gasteiger partial charge >= 0.3 is 6.03 Å². The minimum absolute atomic E-state index is 0.0663. The number of carbonyl (C=O) groups is 1. The number of amides is 2. The molecule has 20 heavy (non-hydrogen) atoms. The van der Waals surface area contributed by atoms with Gasteiger partial charge < -0.3 is 19.7 Å². The molecule has 5 heteroatoms. The first-order valence-electron chi connectivity index (χ1n) is 7.65. The summed E-state index contributed by atoms with van der Waals surface area (Å²) in [6.07, 6.45) is 5.11. The van der Waals surface area contributed by atoms with Gasteiger partial charge in [-0.1, -0.05) is 11.6 Å². The molecule has 2 aliphatic heterocycles. The minimum atomic E-state index is 0.0663. The molecule has 0 saturated carbocycles. The summed E-state index contributed by atoms with van der Waals surface area (Å²) in [5, 5.41) is 3.01. The van der Waals surface area contributed by atoms with E-state index in [1.54, 1.807) is 0 Å². The van der Waals surface area contributed by atoms with Crippen molar-refractivity contribution in [3.8, 4) is 0 Å². The predicted molar refractivity (Wildman–Crippen MR) is 77.7 cm³/mol. The number of hydrogen-bond acceptors (Lipinski definition) is 3. The Labute approximate surface area is 121 Å². The molecule has 2 heterocycles. The fourth-order valence-electron chi connectivity index (χ4n) is 2.67. The standard InChI is InChI=1S/C15H26N2O3/c1-2-19-12-14-4-8-17(11-14)15(18)16-7-3-13-5-9-20-10-6-13/h5,14H,2-4,6-12H2,1H3,(H,16,18)/t14-/m0/s1. The first-order chi connectivity index (χ1) is 9.79. The highest BCUT2D eigenvalue weighted by Gasteiger charge is 2.25. The van der Waals surface area contributed by atoms with Gasteiger partial charge in [0.2, 0.25) is 0 Å². The molecule has 2 aliphatic rings. The van der Waals surface area contributed by atoms with Crippen molar-refractivity contribution in [2.24, 2.45) is 5.92 Å². The molecular weight excluding hydrogens is 256 g/mol. The third-order valence-electron chi connectivity index (χ3n) is 3.91. The lowest BCUT2D eigenvalue weighted by atomic mass is 10.1. The van der Waals surface area contributed by atoms with Gasteiger partial charge in [-0.05, 0) is 26.2 Å². The summed E-state index contributed by atoms with van der Waals surface area (Å²) in [5.74, 6) is 0.499. The van der Waals surface area contributed by atoms with Gasteiger partial charge in [-0.25, -0.2) is 4.79 Å². The van der Waals surface area contributed by atoms with Crippen LogP contribution in [0.1, 0.15) is 26.2 Å². The lowest BCUT2D eigenvalue weighted by Crippen LogP contribution is -2.39. The van der Waals surface area contributed by atoms with E-state index in [4.69, 9.17) is 9.47 Å². The Kier molecular flexibility index (Phi) is 6.33. The highest BCUT2D eigenvalue weighted by Crippen LogP contribution is 2.16. The van der Waals surface area contributed by atoms with Crippen LogP contribution < -0.4 is 5.32 Å². The van der Waals surface area contributed by atoms with Crippen LogP contribution in [0.15, 0.2) is 11.6 Å². The second kappa shape index (κ2) is 8.27. The lowest BCUT2D eigenvalue weighted by molar-refractivity contribution is 0.113. The van der Waals surface area contributed by atoms with Crippen LogP contribution in [-0.4, -0.2) is 57.0 Å². The van der Waals surface area contributed by atoms with Crippen molar-refractivity contribution in [3.05, 3.63) is 11.6 Å². The zero-order valence-corrected chi connectivity index (χ0v) is 12.4. The summed E-state index contributed by atoms with van der Waals surface area (Å²) >= 11 is 0. The Morgan fingerprint density at radius 3 is 3.25 bits per heavy atom. The summed E-state index contributed by atoms with van der Waals surface area (Å²) in [7, 11) is 0. The third kappa shape index (κ3) is 4.80. The molecule has 1 atom stereocenters. The van der Waals surface area contributed by atoms with E-state index in [-0.39, 0.29) is 6.03 Å². The number of nitrogens with zero attached hydrogens (tertiary/aromatic N) is 1.